The number of carbonyl (C=O) groups excluding carboxylic acids is 2. The van der Waals surface area contributed by atoms with Gasteiger partial charge < -0.3 is 19.5 Å². The Morgan fingerprint density at radius 3 is 2.34 bits per heavy atom. The molecule has 0 fully saturated rings. The van der Waals surface area contributed by atoms with E-state index in [0.717, 1.165) is 27.6 Å². The number of fused-ring (bicyclic) bond motifs is 1. The molecule has 2 amide bonds. The fourth-order valence-electron chi connectivity index (χ4n) is 4.41. The lowest BCUT2D eigenvalue weighted by Gasteiger charge is -2.30. The molecule has 4 rings (SSSR count). The van der Waals surface area contributed by atoms with Gasteiger partial charge in [0.25, 0.3) is 0 Å². The summed E-state index contributed by atoms with van der Waals surface area (Å²) in [6.07, 6.45) is 2.62. The standard InChI is InChI=1S/C31H34FN3O3/c1-23(2)35(31(37)22-38-21-25-8-4-3-5-9-25)20-30(36)34(19-24-12-14-27(32)15-13-24)17-16-26-18-33-29-11-7-6-10-28(26)29/h3-15,18,23,33H,16-17,19-22H2,1-2H3. The zero-order chi connectivity index (χ0) is 26.9. The Bertz CT molecular complexity index is 1340. The first-order valence-electron chi connectivity index (χ1n) is 12.9. The highest BCUT2D eigenvalue weighted by atomic mass is 19.1. The summed E-state index contributed by atoms with van der Waals surface area (Å²) in [6, 6.07) is 23.7. The Kier molecular flexibility index (Phi) is 9.27. The van der Waals surface area contributed by atoms with Crippen LogP contribution in [0.2, 0.25) is 0 Å². The van der Waals surface area contributed by atoms with E-state index in [1.807, 2.05) is 68.6 Å². The van der Waals surface area contributed by atoms with Crippen molar-refractivity contribution in [1.29, 1.82) is 0 Å². The van der Waals surface area contributed by atoms with Gasteiger partial charge in [-0.1, -0.05) is 60.7 Å². The molecule has 0 atom stereocenters. The molecule has 1 aromatic heterocycles. The topological polar surface area (TPSA) is 65.6 Å². The number of hydrogen-bond acceptors (Lipinski definition) is 3. The second-order valence-electron chi connectivity index (χ2n) is 9.65. The minimum atomic E-state index is -0.322. The molecule has 1 heterocycles. The summed E-state index contributed by atoms with van der Waals surface area (Å²) in [6.45, 7) is 4.73. The van der Waals surface area contributed by atoms with E-state index in [2.05, 4.69) is 11.1 Å². The quantitative estimate of drug-likeness (QED) is 0.277. The fourth-order valence-corrected chi connectivity index (χ4v) is 4.41. The highest BCUT2D eigenvalue weighted by Gasteiger charge is 2.24. The first-order valence-corrected chi connectivity index (χ1v) is 12.9. The monoisotopic (exact) mass is 515 g/mol. The molecule has 0 aliphatic rings. The number of para-hydroxylation sites is 1. The van der Waals surface area contributed by atoms with E-state index < -0.39 is 0 Å². The highest BCUT2D eigenvalue weighted by molar-refractivity contribution is 5.86. The van der Waals surface area contributed by atoms with E-state index in [1.165, 1.54) is 12.1 Å². The number of nitrogens with one attached hydrogen (secondary N) is 1. The van der Waals surface area contributed by atoms with Gasteiger partial charge in [-0.05, 0) is 55.2 Å². The molecular formula is C31H34FN3O3. The number of H-pyrrole nitrogens is 1. The molecule has 0 saturated carbocycles. The van der Waals surface area contributed by atoms with Gasteiger partial charge in [0.1, 0.15) is 19.0 Å². The molecule has 0 unspecified atom stereocenters. The number of carbonyl (C=O) groups is 2. The fraction of sp³-hybridized carbons (Fsp3) is 0.290. The van der Waals surface area contributed by atoms with E-state index in [1.54, 1.807) is 21.9 Å². The minimum Gasteiger partial charge on any atom is -0.367 e. The highest BCUT2D eigenvalue weighted by Crippen LogP contribution is 2.19. The first-order chi connectivity index (χ1) is 18.4. The molecule has 0 bridgehead atoms. The van der Waals surface area contributed by atoms with Gasteiger partial charge in [0, 0.05) is 36.2 Å². The molecule has 0 aliphatic heterocycles. The SMILES string of the molecule is CC(C)N(CC(=O)N(CCc1c[nH]c2ccccc12)Cc1ccc(F)cc1)C(=O)COCc1ccccc1. The number of halogens is 1. The van der Waals surface area contributed by atoms with Crippen LogP contribution in [0.1, 0.15) is 30.5 Å². The smallest absolute Gasteiger partial charge is 0.249 e. The molecule has 4 aromatic rings. The number of ether oxygens (including phenoxy) is 1. The zero-order valence-electron chi connectivity index (χ0n) is 21.9. The third kappa shape index (κ3) is 7.29. The number of aromatic nitrogens is 1. The molecule has 38 heavy (non-hydrogen) atoms. The molecule has 0 aliphatic carbocycles. The van der Waals surface area contributed by atoms with Gasteiger partial charge in [-0.25, -0.2) is 4.39 Å². The van der Waals surface area contributed by atoms with Crippen molar-refractivity contribution >= 4 is 22.7 Å². The largest absolute Gasteiger partial charge is 0.367 e. The third-order valence-corrected chi connectivity index (χ3v) is 6.55. The van der Waals surface area contributed by atoms with Crippen molar-refractivity contribution in [3.05, 3.63) is 108 Å². The molecule has 1 N–H and O–H groups in total. The lowest BCUT2D eigenvalue weighted by molar-refractivity contribution is -0.145. The zero-order valence-corrected chi connectivity index (χ0v) is 21.9. The van der Waals surface area contributed by atoms with Gasteiger partial charge in [-0.3, -0.25) is 9.59 Å². The molecule has 0 radical (unpaired) electrons. The van der Waals surface area contributed by atoms with Gasteiger partial charge in [-0.2, -0.15) is 0 Å². The number of benzene rings is 3. The molecule has 3 aromatic carbocycles. The van der Waals surface area contributed by atoms with E-state index in [9.17, 15) is 14.0 Å². The average Bonchev–Trinajstić information content (AvgIpc) is 3.34. The van der Waals surface area contributed by atoms with Crippen molar-refractivity contribution in [2.24, 2.45) is 0 Å². The predicted molar refractivity (Wildman–Crippen MR) is 147 cm³/mol. The maximum Gasteiger partial charge on any atom is 0.249 e. The second kappa shape index (κ2) is 13.0. The van der Waals surface area contributed by atoms with Crippen LogP contribution in [0.25, 0.3) is 10.9 Å². The number of nitrogens with zero attached hydrogens (tertiary/aromatic N) is 2. The molecular weight excluding hydrogens is 481 g/mol. The van der Waals surface area contributed by atoms with Gasteiger partial charge in [0.2, 0.25) is 11.8 Å². The first kappa shape index (κ1) is 27.1. The van der Waals surface area contributed by atoms with E-state index in [4.69, 9.17) is 4.74 Å². The Balaban J connectivity index is 1.43. The van der Waals surface area contributed by atoms with Crippen LogP contribution in [0.5, 0.6) is 0 Å². The number of aromatic amines is 1. The Hall–Kier alpha value is -3.97. The van der Waals surface area contributed by atoms with Crippen LogP contribution in [0.4, 0.5) is 4.39 Å². The summed E-state index contributed by atoms with van der Waals surface area (Å²) in [5, 5.41) is 1.12. The third-order valence-electron chi connectivity index (χ3n) is 6.55. The number of amides is 2. The summed E-state index contributed by atoms with van der Waals surface area (Å²) in [5.74, 6) is -0.723. The van der Waals surface area contributed by atoms with Crippen LogP contribution in [-0.4, -0.2) is 52.3 Å². The predicted octanol–water partition coefficient (Wildman–Crippen LogP) is 5.33. The van der Waals surface area contributed by atoms with Crippen LogP contribution in [0, 0.1) is 5.82 Å². The van der Waals surface area contributed by atoms with Gasteiger partial charge in [0.15, 0.2) is 0 Å². The van der Waals surface area contributed by atoms with Crippen molar-refractivity contribution in [3.8, 4) is 0 Å². The average molecular weight is 516 g/mol. The van der Waals surface area contributed by atoms with Crippen molar-refractivity contribution < 1.29 is 18.7 Å². The van der Waals surface area contributed by atoms with Gasteiger partial charge >= 0.3 is 0 Å². The minimum absolute atomic E-state index is 0.0553. The molecule has 0 spiro atoms. The lowest BCUT2D eigenvalue weighted by Crippen LogP contribution is -2.47. The molecule has 7 heteroatoms. The van der Waals surface area contributed by atoms with Crippen molar-refractivity contribution in [2.75, 3.05) is 19.7 Å². The molecule has 6 nitrogen and oxygen atoms in total. The number of rotatable bonds is 12. The second-order valence-corrected chi connectivity index (χ2v) is 9.65. The van der Waals surface area contributed by atoms with Crippen molar-refractivity contribution in [2.45, 2.75) is 39.5 Å². The summed E-state index contributed by atoms with van der Waals surface area (Å²) >= 11 is 0. The lowest BCUT2D eigenvalue weighted by atomic mass is 10.1. The van der Waals surface area contributed by atoms with Gasteiger partial charge in [-0.15, -0.1) is 0 Å². The van der Waals surface area contributed by atoms with Crippen LogP contribution in [-0.2, 0) is 33.9 Å². The van der Waals surface area contributed by atoms with Crippen LogP contribution < -0.4 is 0 Å². The normalized spacial score (nSPS) is 11.2. The van der Waals surface area contributed by atoms with Crippen LogP contribution in [0.3, 0.4) is 0 Å². The van der Waals surface area contributed by atoms with E-state index >= 15 is 0 Å². The molecule has 198 valence electrons. The van der Waals surface area contributed by atoms with Crippen LogP contribution in [0.15, 0.2) is 85.1 Å². The molecule has 0 saturated heterocycles. The Morgan fingerprint density at radius 2 is 1.61 bits per heavy atom. The maximum atomic E-state index is 13.6. The van der Waals surface area contributed by atoms with Crippen molar-refractivity contribution in [1.82, 2.24) is 14.8 Å². The maximum absolute atomic E-state index is 13.6. The van der Waals surface area contributed by atoms with Crippen molar-refractivity contribution in [3.63, 3.8) is 0 Å². The van der Waals surface area contributed by atoms with E-state index in [-0.39, 0.29) is 36.8 Å². The van der Waals surface area contributed by atoms with E-state index in [0.29, 0.717) is 26.1 Å². The van der Waals surface area contributed by atoms with Gasteiger partial charge in [0.05, 0.1) is 6.61 Å². The summed E-state index contributed by atoms with van der Waals surface area (Å²) < 4.78 is 19.1. The summed E-state index contributed by atoms with van der Waals surface area (Å²) in [4.78, 5) is 33.1. The summed E-state index contributed by atoms with van der Waals surface area (Å²) in [7, 11) is 0. The summed E-state index contributed by atoms with van der Waals surface area (Å²) in [5.41, 5.74) is 3.97. The Morgan fingerprint density at radius 1 is 0.895 bits per heavy atom. The Labute approximate surface area is 223 Å². The van der Waals surface area contributed by atoms with Crippen LogP contribution >= 0.6 is 0 Å². The number of hydrogen-bond donors (Lipinski definition) is 1.